The number of carbonyl (C=O) groups is 3. The number of anilines is 3. The second-order valence-electron chi connectivity index (χ2n) is 10.1. The van der Waals surface area contributed by atoms with Crippen LogP contribution in [0.3, 0.4) is 0 Å². The largest absolute Gasteiger partial charge is 0.457 e. The summed E-state index contributed by atoms with van der Waals surface area (Å²) in [7, 11) is 0. The summed E-state index contributed by atoms with van der Waals surface area (Å²) in [5, 5.41) is 15.6. The zero-order chi connectivity index (χ0) is 29.2. The van der Waals surface area contributed by atoms with Crippen molar-refractivity contribution >= 4 is 56.5 Å². The summed E-state index contributed by atoms with van der Waals surface area (Å²) >= 11 is 1.22. The molecule has 2 aromatic carbocycles. The fourth-order valence-corrected chi connectivity index (χ4v) is 6.38. The molecule has 4 heterocycles. The van der Waals surface area contributed by atoms with E-state index in [4.69, 9.17) is 9.84 Å². The summed E-state index contributed by atoms with van der Waals surface area (Å²) < 4.78 is 5.96. The molecule has 2 aliphatic heterocycles. The minimum Gasteiger partial charge on any atom is -0.457 e. The van der Waals surface area contributed by atoms with Crippen LogP contribution >= 0.6 is 11.3 Å². The summed E-state index contributed by atoms with van der Waals surface area (Å²) in [5.41, 5.74) is 2.60. The highest BCUT2D eigenvalue weighted by molar-refractivity contribution is 7.21. The number of thiophene rings is 1. The quantitative estimate of drug-likeness (QED) is 0.252. The van der Waals surface area contributed by atoms with Gasteiger partial charge in [-0.1, -0.05) is 24.3 Å². The number of hydrogen-bond acceptors (Lipinski definition) is 7. The predicted octanol–water partition coefficient (Wildman–Crippen LogP) is 5.35. The Labute approximate surface area is 246 Å². The fraction of sp³-hybridized carbons (Fsp3) is 0.226. The first-order valence-corrected chi connectivity index (χ1v) is 14.5. The first-order valence-electron chi connectivity index (χ1n) is 13.7. The first kappa shape index (κ1) is 27.4. The SMILES string of the molecule is Cc1cc(Oc2ccccc2)ccc1N1C(=O)Nc2c(C(=O)NC3CCCN(C(=O)C=CCO)C3)sc3nccc1c23. The molecule has 0 saturated carbocycles. The highest BCUT2D eigenvalue weighted by Gasteiger charge is 2.34. The number of aliphatic hydroxyl groups is 1. The van der Waals surface area contributed by atoms with Crippen LogP contribution in [0.4, 0.5) is 21.9 Å². The van der Waals surface area contributed by atoms with E-state index in [0.29, 0.717) is 51.0 Å². The maximum absolute atomic E-state index is 13.6. The number of aryl methyl sites for hydroxylation is 1. The number of amides is 4. The lowest BCUT2D eigenvalue weighted by atomic mass is 10.0. The molecule has 0 bridgehead atoms. The van der Waals surface area contributed by atoms with Gasteiger partial charge in [-0.2, -0.15) is 0 Å². The summed E-state index contributed by atoms with van der Waals surface area (Å²) in [6.07, 6.45) is 5.86. The standard InChI is InChI=1S/C31H29N5O5S/c1-19-17-22(41-21-8-3-2-4-9-21)11-12-23(19)36-24-13-14-32-30-26(24)27(34-31(36)40)28(42-30)29(39)33-20-7-5-15-35(18-20)25(38)10-6-16-37/h2-4,6,8-14,17,20,37H,5,7,15-16,18H2,1H3,(H,33,39)(H,34,40). The van der Waals surface area contributed by atoms with Crippen molar-refractivity contribution in [2.24, 2.45) is 0 Å². The summed E-state index contributed by atoms with van der Waals surface area (Å²) in [4.78, 5) is 48.2. The molecule has 2 aliphatic rings. The number of pyridine rings is 1. The van der Waals surface area contributed by atoms with Gasteiger partial charge >= 0.3 is 6.03 Å². The van der Waals surface area contributed by atoms with Crippen LogP contribution in [-0.4, -0.2) is 58.6 Å². The minimum absolute atomic E-state index is 0.198. The van der Waals surface area contributed by atoms with Crippen molar-refractivity contribution in [2.45, 2.75) is 25.8 Å². The number of likely N-dealkylation sites (tertiary alicyclic amines) is 1. The van der Waals surface area contributed by atoms with E-state index < -0.39 is 0 Å². The van der Waals surface area contributed by atoms with Crippen molar-refractivity contribution in [2.75, 3.05) is 29.9 Å². The molecule has 6 rings (SSSR count). The molecule has 4 aromatic rings. The number of ether oxygens (including phenoxy) is 1. The number of urea groups is 1. The molecule has 2 aromatic heterocycles. The number of rotatable bonds is 7. The Kier molecular flexibility index (Phi) is 7.60. The number of nitrogens with one attached hydrogen (secondary N) is 2. The number of aliphatic hydroxyl groups excluding tert-OH is 1. The zero-order valence-corrected chi connectivity index (χ0v) is 23.7. The molecular weight excluding hydrogens is 554 g/mol. The molecule has 0 spiro atoms. The first-order chi connectivity index (χ1) is 20.4. The van der Waals surface area contributed by atoms with Crippen LogP contribution in [-0.2, 0) is 4.79 Å². The van der Waals surface area contributed by atoms with Gasteiger partial charge in [-0.05, 0) is 61.7 Å². The van der Waals surface area contributed by atoms with Crippen LogP contribution in [0.15, 0.2) is 72.9 Å². The third kappa shape index (κ3) is 5.31. The van der Waals surface area contributed by atoms with Crippen LogP contribution in [0.1, 0.15) is 28.1 Å². The Bertz CT molecular complexity index is 1700. The predicted molar refractivity (Wildman–Crippen MR) is 162 cm³/mol. The van der Waals surface area contributed by atoms with Gasteiger partial charge in [0.05, 0.1) is 29.1 Å². The van der Waals surface area contributed by atoms with Crippen molar-refractivity contribution in [3.63, 3.8) is 0 Å². The number of carbonyl (C=O) groups excluding carboxylic acids is 3. The van der Waals surface area contributed by atoms with Gasteiger partial charge in [0.2, 0.25) is 5.91 Å². The van der Waals surface area contributed by atoms with Crippen LogP contribution in [0.25, 0.3) is 10.2 Å². The van der Waals surface area contributed by atoms with Gasteiger partial charge in [-0.15, -0.1) is 11.3 Å². The van der Waals surface area contributed by atoms with E-state index in [2.05, 4.69) is 15.6 Å². The fourth-order valence-electron chi connectivity index (χ4n) is 5.36. The van der Waals surface area contributed by atoms with Gasteiger partial charge in [0, 0.05) is 31.4 Å². The van der Waals surface area contributed by atoms with Crippen molar-refractivity contribution in [3.05, 3.63) is 83.4 Å². The number of nitrogens with zero attached hydrogens (tertiary/aromatic N) is 3. The molecule has 1 saturated heterocycles. The van der Waals surface area contributed by atoms with Gasteiger partial charge in [0.1, 0.15) is 21.2 Å². The Morgan fingerprint density at radius 1 is 1.17 bits per heavy atom. The molecule has 214 valence electrons. The van der Waals surface area contributed by atoms with Crippen molar-refractivity contribution in [1.29, 1.82) is 0 Å². The normalized spacial score (nSPS) is 16.5. The Morgan fingerprint density at radius 3 is 2.79 bits per heavy atom. The molecule has 1 unspecified atom stereocenters. The third-order valence-corrected chi connectivity index (χ3v) is 8.37. The van der Waals surface area contributed by atoms with Gasteiger partial charge < -0.3 is 25.4 Å². The Hall–Kier alpha value is -4.74. The second kappa shape index (κ2) is 11.6. The summed E-state index contributed by atoms with van der Waals surface area (Å²) in [6, 6.07) is 16.2. The molecular formula is C31H29N5O5S. The monoisotopic (exact) mass is 583 g/mol. The van der Waals surface area contributed by atoms with Crippen molar-refractivity contribution in [3.8, 4) is 11.5 Å². The smallest absolute Gasteiger partial charge is 0.331 e. The van der Waals surface area contributed by atoms with Crippen LogP contribution in [0, 0.1) is 6.92 Å². The van der Waals surface area contributed by atoms with Gasteiger partial charge in [-0.3, -0.25) is 14.5 Å². The maximum Gasteiger partial charge on any atom is 0.331 e. The molecule has 0 aliphatic carbocycles. The van der Waals surface area contributed by atoms with Crippen molar-refractivity contribution in [1.82, 2.24) is 15.2 Å². The average molecular weight is 584 g/mol. The van der Waals surface area contributed by atoms with E-state index in [9.17, 15) is 14.4 Å². The van der Waals surface area contributed by atoms with E-state index in [1.165, 1.54) is 23.5 Å². The van der Waals surface area contributed by atoms with Crippen LogP contribution in [0.5, 0.6) is 11.5 Å². The maximum atomic E-state index is 13.6. The lowest BCUT2D eigenvalue weighted by molar-refractivity contribution is -0.127. The highest BCUT2D eigenvalue weighted by Crippen LogP contribution is 2.46. The lowest BCUT2D eigenvalue weighted by Gasteiger charge is -2.32. The molecule has 4 amide bonds. The number of aromatic nitrogens is 1. The molecule has 10 nitrogen and oxygen atoms in total. The molecule has 3 N–H and O–H groups in total. The Balaban J connectivity index is 1.26. The molecule has 1 fully saturated rings. The zero-order valence-electron chi connectivity index (χ0n) is 22.9. The number of para-hydroxylation sites is 1. The molecule has 42 heavy (non-hydrogen) atoms. The highest BCUT2D eigenvalue weighted by atomic mass is 32.1. The van der Waals surface area contributed by atoms with Crippen LogP contribution < -0.4 is 20.3 Å². The van der Waals surface area contributed by atoms with E-state index in [-0.39, 0.29) is 30.5 Å². The van der Waals surface area contributed by atoms with E-state index in [0.717, 1.165) is 24.2 Å². The number of hydrogen-bond donors (Lipinski definition) is 3. The molecule has 1 atom stereocenters. The van der Waals surface area contributed by atoms with Gasteiger partial charge in [0.25, 0.3) is 5.91 Å². The number of piperidine rings is 1. The third-order valence-electron chi connectivity index (χ3n) is 7.27. The summed E-state index contributed by atoms with van der Waals surface area (Å²) in [6.45, 7) is 2.67. The van der Waals surface area contributed by atoms with Crippen LogP contribution in [0.2, 0.25) is 0 Å². The Morgan fingerprint density at radius 2 is 2.00 bits per heavy atom. The van der Waals surface area contributed by atoms with E-state index in [1.807, 2.05) is 55.5 Å². The van der Waals surface area contributed by atoms with Gasteiger partial charge in [-0.25, -0.2) is 9.78 Å². The van der Waals surface area contributed by atoms with E-state index >= 15 is 0 Å². The molecule has 11 heteroatoms. The molecule has 0 radical (unpaired) electrons. The van der Waals surface area contributed by atoms with Crippen molar-refractivity contribution < 1.29 is 24.2 Å². The lowest BCUT2D eigenvalue weighted by Crippen LogP contribution is -2.49. The van der Waals surface area contributed by atoms with Gasteiger partial charge in [0.15, 0.2) is 0 Å². The topological polar surface area (TPSA) is 124 Å². The average Bonchev–Trinajstić information content (AvgIpc) is 3.37. The second-order valence-corrected chi connectivity index (χ2v) is 11.1. The summed E-state index contributed by atoms with van der Waals surface area (Å²) in [5.74, 6) is 0.853. The van der Waals surface area contributed by atoms with E-state index in [1.54, 1.807) is 22.1 Å². The number of benzene rings is 2. The minimum atomic E-state index is -0.382.